The molecule has 0 atom stereocenters. The fraction of sp³-hybridized carbons (Fsp3) is 0.444. The van der Waals surface area contributed by atoms with Crippen molar-refractivity contribution in [2.45, 2.75) is 19.7 Å². The van der Waals surface area contributed by atoms with Gasteiger partial charge in [-0.3, -0.25) is 0 Å². The third-order valence-corrected chi connectivity index (χ3v) is 1.82. The molecule has 1 heterocycles. The van der Waals surface area contributed by atoms with E-state index in [1.165, 1.54) is 6.07 Å². The van der Waals surface area contributed by atoms with E-state index in [0.29, 0.717) is 6.61 Å². The molecule has 1 aromatic heterocycles. The molecule has 15 heavy (non-hydrogen) atoms. The van der Waals surface area contributed by atoms with E-state index in [0.717, 1.165) is 6.20 Å². The molecule has 1 aromatic rings. The Morgan fingerprint density at radius 3 is 2.67 bits per heavy atom. The summed E-state index contributed by atoms with van der Waals surface area (Å²) in [6.45, 7) is 2.12. The Morgan fingerprint density at radius 2 is 2.20 bits per heavy atom. The van der Waals surface area contributed by atoms with Crippen LogP contribution in [0.3, 0.4) is 0 Å². The lowest BCUT2D eigenvalue weighted by Crippen LogP contribution is -2.08. The quantitative estimate of drug-likeness (QED) is 0.846. The average Bonchev–Trinajstić information content (AvgIpc) is 2.56. The Morgan fingerprint density at radius 1 is 1.53 bits per heavy atom. The molecule has 1 N–H and O–H groups in total. The highest BCUT2D eigenvalue weighted by molar-refractivity contribution is 5.42. The third-order valence-electron chi connectivity index (χ3n) is 1.82. The van der Waals surface area contributed by atoms with Crippen LogP contribution in [0, 0.1) is 11.3 Å². The zero-order valence-electron chi connectivity index (χ0n) is 7.98. The van der Waals surface area contributed by atoms with Gasteiger partial charge in [0.2, 0.25) is 0 Å². The number of hydrogen-bond donors (Lipinski definition) is 1. The second kappa shape index (κ2) is 4.36. The molecule has 6 heteroatoms. The van der Waals surface area contributed by atoms with Gasteiger partial charge in [-0.15, -0.1) is 0 Å². The van der Waals surface area contributed by atoms with Crippen LogP contribution < -0.4 is 0 Å². The first-order chi connectivity index (χ1) is 7.00. The summed E-state index contributed by atoms with van der Waals surface area (Å²) in [5.41, 5.74) is -1.18. The number of aromatic nitrogens is 1. The van der Waals surface area contributed by atoms with Crippen LogP contribution in [0.4, 0.5) is 13.2 Å². The number of rotatable bonds is 3. The van der Waals surface area contributed by atoms with Crippen molar-refractivity contribution in [2.75, 3.05) is 6.61 Å². The molecule has 0 aliphatic heterocycles. The van der Waals surface area contributed by atoms with Crippen molar-refractivity contribution in [3.63, 3.8) is 0 Å². The van der Waals surface area contributed by atoms with Gasteiger partial charge in [-0.25, -0.2) is 0 Å². The number of ether oxygens (including phenoxy) is 1. The fourth-order valence-corrected chi connectivity index (χ4v) is 1.14. The maximum Gasteiger partial charge on any atom is 0.432 e. The Kier molecular flexibility index (Phi) is 3.37. The normalized spacial score (nSPS) is 11.4. The molecule has 0 fully saturated rings. The van der Waals surface area contributed by atoms with Gasteiger partial charge in [0.15, 0.2) is 0 Å². The summed E-state index contributed by atoms with van der Waals surface area (Å²) in [5, 5.41) is 8.63. The lowest BCUT2D eigenvalue weighted by Gasteiger charge is -2.04. The number of nitrogens with zero attached hydrogens (tertiary/aromatic N) is 1. The highest BCUT2D eigenvalue weighted by atomic mass is 19.4. The second-order valence-corrected chi connectivity index (χ2v) is 2.81. The van der Waals surface area contributed by atoms with Crippen LogP contribution in [0.25, 0.3) is 0 Å². The maximum atomic E-state index is 12.3. The lowest BCUT2D eigenvalue weighted by molar-refractivity contribution is -0.141. The SMILES string of the molecule is CCOCc1c[nH]c(C(F)(F)F)c1C#N. The van der Waals surface area contributed by atoms with Gasteiger partial charge >= 0.3 is 6.18 Å². The van der Waals surface area contributed by atoms with Gasteiger partial charge in [0.25, 0.3) is 0 Å². The highest BCUT2D eigenvalue weighted by Gasteiger charge is 2.36. The molecule has 82 valence electrons. The number of halogens is 3. The molecule has 1 rings (SSSR count). The Balaban J connectivity index is 3.02. The summed E-state index contributed by atoms with van der Waals surface area (Å²) in [6, 6.07) is 1.53. The van der Waals surface area contributed by atoms with Crippen LogP contribution in [0.1, 0.15) is 23.7 Å². The third kappa shape index (κ3) is 2.50. The van der Waals surface area contributed by atoms with E-state index >= 15 is 0 Å². The summed E-state index contributed by atoms with van der Waals surface area (Å²) in [6.07, 6.45) is -3.38. The molecule has 0 saturated carbocycles. The predicted molar refractivity (Wildman–Crippen MR) is 45.8 cm³/mol. The summed E-state index contributed by atoms with van der Waals surface area (Å²) in [7, 11) is 0. The number of hydrogen-bond acceptors (Lipinski definition) is 2. The molecule has 0 amide bonds. The van der Waals surface area contributed by atoms with Crippen LogP contribution in [-0.4, -0.2) is 11.6 Å². The zero-order valence-corrected chi connectivity index (χ0v) is 7.98. The van der Waals surface area contributed by atoms with E-state index in [-0.39, 0.29) is 12.2 Å². The smallest absolute Gasteiger partial charge is 0.377 e. The van der Waals surface area contributed by atoms with Gasteiger partial charge < -0.3 is 9.72 Å². The van der Waals surface area contributed by atoms with Crippen LogP contribution in [0.5, 0.6) is 0 Å². The van der Waals surface area contributed by atoms with Crippen LogP contribution in [0.15, 0.2) is 6.20 Å². The molecule has 0 spiro atoms. The maximum absolute atomic E-state index is 12.3. The number of aromatic amines is 1. The van der Waals surface area contributed by atoms with Gasteiger partial charge in [0.05, 0.1) is 12.2 Å². The summed E-state index contributed by atoms with van der Waals surface area (Å²) in [5.74, 6) is 0. The minimum Gasteiger partial charge on any atom is -0.377 e. The van der Waals surface area contributed by atoms with Crippen molar-refractivity contribution in [1.29, 1.82) is 5.26 Å². The zero-order chi connectivity index (χ0) is 11.5. The minimum absolute atomic E-state index is 0.00593. The predicted octanol–water partition coefficient (Wildman–Crippen LogP) is 2.44. The lowest BCUT2D eigenvalue weighted by atomic mass is 10.1. The molecular formula is C9H9F3N2O. The summed E-state index contributed by atoms with van der Waals surface area (Å²) >= 11 is 0. The first-order valence-electron chi connectivity index (χ1n) is 4.26. The molecule has 0 unspecified atom stereocenters. The number of alkyl halides is 3. The van der Waals surface area contributed by atoms with E-state index < -0.39 is 17.4 Å². The molecule has 0 saturated heterocycles. The van der Waals surface area contributed by atoms with Crippen molar-refractivity contribution in [2.24, 2.45) is 0 Å². The van der Waals surface area contributed by atoms with E-state index in [4.69, 9.17) is 10.00 Å². The van der Waals surface area contributed by atoms with Crippen molar-refractivity contribution >= 4 is 0 Å². The molecule has 0 bridgehead atoms. The van der Waals surface area contributed by atoms with E-state index in [1.54, 1.807) is 6.92 Å². The standard InChI is InChI=1S/C9H9F3N2O/c1-2-15-5-6-4-14-8(7(6)3-13)9(10,11)12/h4,14H,2,5H2,1H3. The first-order valence-corrected chi connectivity index (χ1v) is 4.26. The first kappa shape index (κ1) is 11.6. The molecule has 0 aromatic carbocycles. The number of H-pyrrole nitrogens is 1. The molecule has 0 aliphatic carbocycles. The number of nitriles is 1. The highest BCUT2D eigenvalue weighted by Crippen LogP contribution is 2.32. The molecule has 0 aliphatic rings. The average molecular weight is 218 g/mol. The van der Waals surface area contributed by atoms with Crippen molar-refractivity contribution in [3.8, 4) is 6.07 Å². The van der Waals surface area contributed by atoms with E-state index in [2.05, 4.69) is 0 Å². The fourth-order valence-electron chi connectivity index (χ4n) is 1.14. The van der Waals surface area contributed by atoms with Crippen molar-refractivity contribution < 1.29 is 17.9 Å². The molecule has 0 radical (unpaired) electrons. The van der Waals surface area contributed by atoms with E-state index in [9.17, 15) is 13.2 Å². The topological polar surface area (TPSA) is 48.8 Å². The Labute approximate surface area is 84.5 Å². The minimum atomic E-state index is -4.53. The van der Waals surface area contributed by atoms with Gasteiger partial charge in [-0.2, -0.15) is 18.4 Å². The summed E-state index contributed by atoms with van der Waals surface area (Å²) < 4.78 is 42.0. The largest absolute Gasteiger partial charge is 0.432 e. The van der Waals surface area contributed by atoms with Crippen LogP contribution >= 0.6 is 0 Å². The van der Waals surface area contributed by atoms with Gasteiger partial charge in [0.1, 0.15) is 11.8 Å². The van der Waals surface area contributed by atoms with Gasteiger partial charge in [-0.05, 0) is 6.92 Å². The van der Waals surface area contributed by atoms with Crippen LogP contribution in [0.2, 0.25) is 0 Å². The summed E-state index contributed by atoms with van der Waals surface area (Å²) in [4.78, 5) is 2.05. The Hall–Kier alpha value is -1.48. The van der Waals surface area contributed by atoms with Crippen molar-refractivity contribution in [1.82, 2.24) is 4.98 Å². The van der Waals surface area contributed by atoms with Crippen molar-refractivity contribution in [3.05, 3.63) is 23.0 Å². The monoisotopic (exact) mass is 218 g/mol. The van der Waals surface area contributed by atoms with Gasteiger partial charge in [0, 0.05) is 18.4 Å². The number of nitrogens with one attached hydrogen (secondary N) is 1. The van der Waals surface area contributed by atoms with E-state index in [1.807, 2.05) is 4.98 Å². The van der Waals surface area contributed by atoms with Gasteiger partial charge in [-0.1, -0.05) is 0 Å². The second-order valence-electron chi connectivity index (χ2n) is 2.81. The molecular weight excluding hydrogens is 209 g/mol. The molecule has 3 nitrogen and oxygen atoms in total. The Bertz CT molecular complexity index is 376. The van der Waals surface area contributed by atoms with Crippen LogP contribution in [-0.2, 0) is 17.5 Å².